The smallest absolute Gasteiger partial charge is 0.337 e. The number of sulfonamides is 1. The Kier molecular flexibility index (Phi) is 4.62. The number of primary amides is 1. The Balaban J connectivity index is 3.21. The van der Waals surface area contributed by atoms with Crippen molar-refractivity contribution in [2.75, 3.05) is 0 Å². The van der Waals surface area contributed by atoms with Crippen molar-refractivity contribution in [3.8, 4) is 0 Å². The Morgan fingerprint density at radius 3 is 2.42 bits per heavy atom. The number of nitrogens with two attached hydrogens (primary N) is 1. The van der Waals surface area contributed by atoms with Gasteiger partial charge in [0.1, 0.15) is 6.04 Å². The van der Waals surface area contributed by atoms with Crippen LogP contribution in [0, 0.1) is 0 Å². The Morgan fingerprint density at radius 1 is 1.37 bits per heavy atom. The molecule has 0 radical (unpaired) electrons. The minimum Gasteiger partial charge on any atom is -0.478 e. The van der Waals surface area contributed by atoms with E-state index in [2.05, 4.69) is 4.72 Å². The predicted octanol–water partition coefficient (Wildman–Crippen LogP) is -0.0730. The molecule has 1 unspecified atom stereocenters. The van der Waals surface area contributed by atoms with Crippen molar-refractivity contribution in [2.45, 2.75) is 24.3 Å². The Morgan fingerprint density at radius 2 is 1.95 bits per heavy atom. The standard InChI is InChI=1S/C11H14N2O5S/c1-2-8(10(12)14)13-19(17,18)9-6-4-3-5-7(9)11(15)16/h3-6,8,13H,2H2,1H3,(H2,12,14)(H,15,16). The van der Waals surface area contributed by atoms with Crippen LogP contribution in [0.3, 0.4) is 0 Å². The highest BCUT2D eigenvalue weighted by molar-refractivity contribution is 7.89. The fraction of sp³-hybridized carbons (Fsp3) is 0.273. The number of carbonyl (C=O) groups is 2. The molecule has 19 heavy (non-hydrogen) atoms. The maximum Gasteiger partial charge on any atom is 0.337 e. The van der Waals surface area contributed by atoms with Gasteiger partial charge in [-0.15, -0.1) is 0 Å². The molecule has 1 aromatic rings. The second-order valence-electron chi connectivity index (χ2n) is 3.79. The summed E-state index contributed by atoms with van der Waals surface area (Å²) in [6.07, 6.45) is 0.170. The highest BCUT2D eigenvalue weighted by Crippen LogP contribution is 2.16. The third kappa shape index (κ3) is 3.52. The number of hydrogen-bond donors (Lipinski definition) is 3. The zero-order valence-electron chi connectivity index (χ0n) is 10.2. The first-order valence-electron chi connectivity index (χ1n) is 5.43. The topological polar surface area (TPSA) is 127 Å². The molecule has 8 heteroatoms. The minimum absolute atomic E-state index is 0.170. The lowest BCUT2D eigenvalue weighted by atomic mass is 10.2. The van der Waals surface area contributed by atoms with Crippen LogP contribution in [0.15, 0.2) is 29.2 Å². The van der Waals surface area contributed by atoms with Gasteiger partial charge >= 0.3 is 5.97 Å². The number of aromatic carboxylic acids is 1. The van der Waals surface area contributed by atoms with Crippen LogP contribution in [0.2, 0.25) is 0 Å². The molecule has 0 aromatic heterocycles. The number of rotatable bonds is 6. The molecule has 7 nitrogen and oxygen atoms in total. The maximum atomic E-state index is 12.0. The number of carboxylic acids is 1. The molecule has 0 heterocycles. The molecule has 0 aliphatic rings. The molecule has 0 aliphatic carbocycles. The van der Waals surface area contributed by atoms with Crippen molar-refractivity contribution in [1.82, 2.24) is 4.72 Å². The molecule has 0 aliphatic heterocycles. The number of hydrogen-bond acceptors (Lipinski definition) is 4. The van der Waals surface area contributed by atoms with Crippen molar-refractivity contribution in [1.29, 1.82) is 0 Å². The van der Waals surface area contributed by atoms with Gasteiger partial charge in [0, 0.05) is 0 Å². The molecule has 0 fully saturated rings. The second-order valence-corrected chi connectivity index (χ2v) is 5.47. The van der Waals surface area contributed by atoms with Gasteiger partial charge < -0.3 is 10.8 Å². The molecule has 0 spiro atoms. The number of carbonyl (C=O) groups excluding carboxylic acids is 1. The van der Waals surface area contributed by atoms with E-state index >= 15 is 0 Å². The van der Waals surface area contributed by atoms with Gasteiger partial charge in [0.15, 0.2) is 0 Å². The molecule has 4 N–H and O–H groups in total. The van der Waals surface area contributed by atoms with Gasteiger partial charge in [-0.3, -0.25) is 4.79 Å². The Bertz CT molecular complexity index is 597. The van der Waals surface area contributed by atoms with E-state index < -0.39 is 32.8 Å². The Labute approximate surface area is 110 Å². The zero-order valence-corrected chi connectivity index (χ0v) is 11.0. The maximum absolute atomic E-state index is 12.0. The normalized spacial score (nSPS) is 12.9. The number of amides is 1. The van der Waals surface area contributed by atoms with Crippen LogP contribution in [0.4, 0.5) is 0 Å². The van der Waals surface area contributed by atoms with E-state index in [1.54, 1.807) is 6.92 Å². The van der Waals surface area contributed by atoms with Crippen molar-refractivity contribution in [3.05, 3.63) is 29.8 Å². The summed E-state index contributed by atoms with van der Waals surface area (Å²) in [5.74, 6) is -2.19. The van der Waals surface area contributed by atoms with Gasteiger partial charge in [0.25, 0.3) is 0 Å². The van der Waals surface area contributed by atoms with Gasteiger partial charge in [0.2, 0.25) is 15.9 Å². The first-order chi connectivity index (χ1) is 8.79. The van der Waals surface area contributed by atoms with E-state index in [0.717, 1.165) is 6.07 Å². The van der Waals surface area contributed by atoms with Gasteiger partial charge in [-0.1, -0.05) is 19.1 Å². The molecule has 1 amide bonds. The summed E-state index contributed by atoms with van der Waals surface area (Å²) < 4.78 is 26.2. The van der Waals surface area contributed by atoms with Gasteiger partial charge in [-0.25, -0.2) is 13.2 Å². The largest absolute Gasteiger partial charge is 0.478 e. The first-order valence-corrected chi connectivity index (χ1v) is 6.92. The molecule has 0 saturated carbocycles. The third-order valence-electron chi connectivity index (χ3n) is 2.46. The van der Waals surface area contributed by atoms with E-state index in [1.165, 1.54) is 18.2 Å². The summed E-state index contributed by atoms with van der Waals surface area (Å²) in [6, 6.07) is 4.05. The molecule has 104 valence electrons. The second kappa shape index (κ2) is 5.81. The number of carboxylic acid groups (broad SMARTS) is 1. The van der Waals surface area contributed by atoms with E-state index in [9.17, 15) is 18.0 Å². The summed E-state index contributed by atoms with van der Waals surface area (Å²) in [7, 11) is -4.12. The monoisotopic (exact) mass is 286 g/mol. The lowest BCUT2D eigenvalue weighted by molar-refractivity contribution is -0.119. The van der Waals surface area contributed by atoms with Crippen molar-refractivity contribution in [2.24, 2.45) is 5.73 Å². The van der Waals surface area contributed by atoms with E-state index in [0.29, 0.717) is 0 Å². The third-order valence-corrected chi connectivity index (χ3v) is 3.99. The summed E-state index contributed by atoms with van der Waals surface area (Å²) in [4.78, 5) is 21.6. The van der Waals surface area contributed by atoms with E-state index in [1.807, 2.05) is 0 Å². The van der Waals surface area contributed by atoms with Crippen LogP contribution >= 0.6 is 0 Å². The molecule has 1 rings (SSSR count). The fourth-order valence-electron chi connectivity index (χ4n) is 1.47. The van der Waals surface area contributed by atoms with Gasteiger partial charge in [-0.2, -0.15) is 4.72 Å². The van der Waals surface area contributed by atoms with Crippen LogP contribution in [0.25, 0.3) is 0 Å². The highest BCUT2D eigenvalue weighted by Gasteiger charge is 2.26. The van der Waals surface area contributed by atoms with Crippen molar-refractivity contribution in [3.63, 3.8) is 0 Å². The molecule has 0 bridgehead atoms. The molecule has 1 aromatic carbocycles. The average Bonchev–Trinajstić information content (AvgIpc) is 2.35. The van der Waals surface area contributed by atoms with Crippen LogP contribution < -0.4 is 10.5 Å². The van der Waals surface area contributed by atoms with Crippen molar-refractivity contribution < 1.29 is 23.1 Å². The molecular weight excluding hydrogens is 272 g/mol. The summed E-state index contributed by atoms with van der Waals surface area (Å²) in [6.45, 7) is 1.58. The van der Waals surface area contributed by atoms with E-state index in [4.69, 9.17) is 10.8 Å². The first kappa shape index (κ1) is 15.1. The molecular formula is C11H14N2O5S. The SMILES string of the molecule is CCC(NS(=O)(=O)c1ccccc1C(=O)O)C(N)=O. The molecule has 0 saturated heterocycles. The lowest BCUT2D eigenvalue weighted by Crippen LogP contribution is -2.44. The van der Waals surface area contributed by atoms with Crippen LogP contribution in [0.5, 0.6) is 0 Å². The van der Waals surface area contributed by atoms with E-state index in [-0.39, 0.29) is 12.0 Å². The van der Waals surface area contributed by atoms with Crippen LogP contribution in [0.1, 0.15) is 23.7 Å². The average molecular weight is 286 g/mol. The van der Waals surface area contributed by atoms with Crippen molar-refractivity contribution >= 4 is 21.9 Å². The Hall–Kier alpha value is -1.93. The summed E-state index contributed by atoms with van der Waals surface area (Å²) in [5, 5.41) is 8.95. The zero-order chi connectivity index (χ0) is 14.6. The predicted molar refractivity (Wildman–Crippen MR) is 67.0 cm³/mol. The summed E-state index contributed by atoms with van der Waals surface area (Å²) >= 11 is 0. The quantitative estimate of drug-likeness (QED) is 0.674. The van der Waals surface area contributed by atoms with Crippen LogP contribution in [-0.2, 0) is 14.8 Å². The van der Waals surface area contributed by atoms with Gasteiger partial charge in [-0.05, 0) is 18.6 Å². The summed E-state index contributed by atoms with van der Waals surface area (Å²) in [5.41, 5.74) is 4.68. The fourth-order valence-corrected chi connectivity index (χ4v) is 2.96. The van der Waals surface area contributed by atoms with Crippen LogP contribution in [-0.4, -0.2) is 31.4 Å². The molecule has 1 atom stereocenters. The van der Waals surface area contributed by atoms with Gasteiger partial charge in [0.05, 0.1) is 10.5 Å². The number of benzene rings is 1. The highest BCUT2D eigenvalue weighted by atomic mass is 32.2. The minimum atomic E-state index is -4.12. The number of nitrogens with one attached hydrogen (secondary N) is 1. The lowest BCUT2D eigenvalue weighted by Gasteiger charge is -2.14.